The number of hydrogen-bond donors (Lipinski definition) is 0. The van der Waals surface area contributed by atoms with Gasteiger partial charge in [-0.1, -0.05) is 29.4 Å². The first kappa shape index (κ1) is 14.8. The summed E-state index contributed by atoms with van der Waals surface area (Å²) in [5.41, 5.74) is 12.1. The number of aliphatic imine (C=N–C) groups is 1. The van der Waals surface area contributed by atoms with E-state index in [9.17, 15) is 4.79 Å². The molecule has 0 N–H and O–H groups in total. The second-order valence-electron chi connectivity index (χ2n) is 5.23. The molecule has 2 aromatic rings. The monoisotopic (exact) mass is 309 g/mol. The molecule has 8 heteroatoms. The first-order valence-electron chi connectivity index (χ1n) is 7.04. The largest absolute Gasteiger partial charge is 0.298 e. The smallest absolute Gasteiger partial charge is 0.249 e. The molecule has 0 radical (unpaired) electrons. The van der Waals surface area contributed by atoms with Gasteiger partial charge in [-0.25, -0.2) is 0 Å². The van der Waals surface area contributed by atoms with Crippen LogP contribution in [0.3, 0.4) is 0 Å². The Labute approximate surface area is 132 Å². The molecule has 1 amide bonds. The van der Waals surface area contributed by atoms with E-state index in [1.54, 1.807) is 35.8 Å². The number of carbonyl (C=O) groups excluding carboxylic acids is 1. The van der Waals surface area contributed by atoms with Gasteiger partial charge in [0.2, 0.25) is 5.91 Å². The summed E-state index contributed by atoms with van der Waals surface area (Å²) in [7, 11) is 3.50. The first-order valence-corrected chi connectivity index (χ1v) is 7.04. The highest BCUT2D eigenvalue weighted by atomic mass is 16.2. The van der Waals surface area contributed by atoms with Gasteiger partial charge in [-0.3, -0.25) is 19.4 Å². The molecule has 0 fully saturated rings. The lowest BCUT2D eigenvalue weighted by atomic mass is 10.0. The number of nitrogens with zero attached hydrogens (tertiary/aromatic N) is 7. The van der Waals surface area contributed by atoms with Crippen LogP contribution in [0.5, 0.6) is 0 Å². The van der Waals surface area contributed by atoms with Gasteiger partial charge < -0.3 is 0 Å². The fraction of sp³-hybridized carbons (Fsp3) is 0.267. The van der Waals surface area contributed by atoms with Crippen LogP contribution in [0.1, 0.15) is 16.8 Å². The van der Waals surface area contributed by atoms with E-state index in [1.165, 1.54) is 0 Å². The van der Waals surface area contributed by atoms with Gasteiger partial charge in [0.1, 0.15) is 12.4 Å². The Morgan fingerprint density at radius 2 is 2.04 bits per heavy atom. The summed E-state index contributed by atoms with van der Waals surface area (Å²) in [5.74, 6) is 0.560. The number of hydrogen-bond acceptors (Lipinski definition) is 4. The van der Waals surface area contributed by atoms with Crippen LogP contribution in [0, 0.1) is 6.92 Å². The number of likely N-dealkylation sites (N-methyl/N-ethyl adjacent to an activating group) is 1. The number of amides is 1. The fourth-order valence-corrected chi connectivity index (χ4v) is 2.79. The Morgan fingerprint density at radius 3 is 2.78 bits per heavy atom. The lowest BCUT2D eigenvalue weighted by Gasteiger charge is -2.16. The second-order valence-corrected chi connectivity index (χ2v) is 5.23. The van der Waals surface area contributed by atoms with Gasteiger partial charge in [0, 0.05) is 30.3 Å². The number of aryl methyl sites for hydroxylation is 2. The summed E-state index contributed by atoms with van der Waals surface area (Å²) in [6.45, 7) is 1.90. The zero-order valence-electron chi connectivity index (χ0n) is 13.1. The molecular formula is C15H15N7O. The molecule has 0 atom stereocenters. The summed E-state index contributed by atoms with van der Waals surface area (Å²) in [5, 5.41) is 8.14. The molecule has 1 aromatic heterocycles. The Balaban J connectivity index is 2.31. The zero-order valence-corrected chi connectivity index (χ0v) is 13.1. The number of benzene rings is 1. The quantitative estimate of drug-likeness (QED) is 0.483. The molecule has 1 aliphatic rings. The van der Waals surface area contributed by atoms with E-state index in [2.05, 4.69) is 20.1 Å². The molecular weight excluding hydrogens is 294 g/mol. The maximum Gasteiger partial charge on any atom is 0.249 e. The molecule has 1 aliphatic heterocycles. The van der Waals surface area contributed by atoms with Crippen LogP contribution >= 0.6 is 0 Å². The van der Waals surface area contributed by atoms with Crippen LogP contribution in [-0.2, 0) is 11.8 Å². The molecule has 0 bridgehead atoms. The Kier molecular flexibility index (Phi) is 3.59. The summed E-state index contributed by atoms with van der Waals surface area (Å²) in [6, 6.07) is 7.18. The number of rotatable bonds is 2. The molecule has 0 aliphatic carbocycles. The van der Waals surface area contributed by atoms with Crippen LogP contribution in [-0.4, -0.2) is 35.0 Å². The summed E-state index contributed by atoms with van der Waals surface area (Å²) in [6.07, 6.45) is 0. The van der Waals surface area contributed by atoms with Gasteiger partial charge in [-0.2, -0.15) is 5.10 Å². The van der Waals surface area contributed by atoms with Crippen LogP contribution in [0.25, 0.3) is 10.4 Å². The van der Waals surface area contributed by atoms with Gasteiger partial charge in [0.25, 0.3) is 0 Å². The van der Waals surface area contributed by atoms with Crippen molar-refractivity contribution in [3.8, 4) is 0 Å². The van der Waals surface area contributed by atoms with Gasteiger partial charge in [-0.05, 0) is 12.5 Å². The van der Waals surface area contributed by atoms with Crippen molar-refractivity contribution in [2.24, 2.45) is 17.2 Å². The fourth-order valence-electron chi connectivity index (χ4n) is 2.79. The van der Waals surface area contributed by atoms with Gasteiger partial charge in [0.05, 0.1) is 17.0 Å². The predicted octanol–water partition coefficient (Wildman–Crippen LogP) is 2.48. The number of azide groups is 1. The Hall–Kier alpha value is -3.12. The molecule has 23 heavy (non-hydrogen) atoms. The van der Waals surface area contributed by atoms with Crippen LogP contribution < -0.4 is 4.90 Å². The third kappa shape index (κ3) is 2.35. The van der Waals surface area contributed by atoms with Crippen molar-refractivity contribution in [1.82, 2.24) is 9.78 Å². The minimum absolute atomic E-state index is 0.0323. The van der Waals surface area contributed by atoms with Gasteiger partial charge in [-0.15, -0.1) is 0 Å². The van der Waals surface area contributed by atoms with Crippen LogP contribution in [0.2, 0.25) is 0 Å². The minimum atomic E-state index is -0.120. The maximum atomic E-state index is 12.2. The van der Waals surface area contributed by atoms with E-state index >= 15 is 0 Å². The molecule has 8 nitrogen and oxygen atoms in total. The number of fused-ring (bicyclic) bond motifs is 1. The summed E-state index contributed by atoms with van der Waals surface area (Å²) < 4.78 is 1.67. The number of aromatic nitrogens is 2. The van der Waals surface area contributed by atoms with Crippen molar-refractivity contribution in [2.75, 3.05) is 18.5 Å². The van der Waals surface area contributed by atoms with Crippen molar-refractivity contribution in [2.45, 2.75) is 6.92 Å². The topological polar surface area (TPSA) is 99.2 Å². The van der Waals surface area contributed by atoms with E-state index in [0.29, 0.717) is 22.8 Å². The van der Waals surface area contributed by atoms with Gasteiger partial charge in [0.15, 0.2) is 0 Å². The third-order valence-electron chi connectivity index (χ3n) is 3.80. The highest BCUT2D eigenvalue weighted by molar-refractivity contribution is 6.21. The van der Waals surface area contributed by atoms with Crippen molar-refractivity contribution < 1.29 is 4.79 Å². The van der Waals surface area contributed by atoms with Crippen molar-refractivity contribution in [3.05, 3.63) is 51.5 Å². The van der Waals surface area contributed by atoms with E-state index in [0.717, 1.165) is 11.3 Å². The van der Waals surface area contributed by atoms with Gasteiger partial charge >= 0.3 is 0 Å². The zero-order chi connectivity index (χ0) is 16.6. The Bertz CT molecular complexity index is 874. The lowest BCUT2D eigenvalue weighted by molar-refractivity contribution is -0.117. The Morgan fingerprint density at radius 1 is 1.30 bits per heavy atom. The number of carbonyl (C=O) groups is 1. The van der Waals surface area contributed by atoms with Crippen molar-refractivity contribution in [1.29, 1.82) is 0 Å². The van der Waals surface area contributed by atoms with Crippen LogP contribution in [0.15, 0.2) is 34.4 Å². The number of anilines is 1. The standard InChI is InChI=1S/C15H15N7O/c1-9-13-14(10-6-4-5-7-11(10)18-20-16)17-8-12(23)21(2)15(13)22(3)19-9/h4-7H,8H2,1-3H3. The van der Waals surface area contributed by atoms with E-state index in [4.69, 9.17) is 5.53 Å². The first-order chi connectivity index (χ1) is 11.0. The minimum Gasteiger partial charge on any atom is -0.298 e. The molecule has 2 heterocycles. The van der Waals surface area contributed by atoms with E-state index in [-0.39, 0.29) is 12.5 Å². The van der Waals surface area contributed by atoms with E-state index < -0.39 is 0 Å². The molecule has 0 unspecified atom stereocenters. The third-order valence-corrected chi connectivity index (χ3v) is 3.80. The molecule has 3 rings (SSSR count). The molecule has 0 saturated heterocycles. The van der Waals surface area contributed by atoms with Crippen molar-refractivity contribution in [3.63, 3.8) is 0 Å². The predicted molar refractivity (Wildman–Crippen MR) is 87.1 cm³/mol. The lowest BCUT2D eigenvalue weighted by Crippen LogP contribution is -2.29. The molecule has 0 spiro atoms. The van der Waals surface area contributed by atoms with Crippen molar-refractivity contribution >= 4 is 23.1 Å². The summed E-state index contributed by atoms with van der Waals surface area (Å²) >= 11 is 0. The normalized spacial score (nSPS) is 14.0. The molecule has 1 aromatic carbocycles. The average Bonchev–Trinajstić information content (AvgIpc) is 2.75. The van der Waals surface area contributed by atoms with Crippen LogP contribution in [0.4, 0.5) is 11.5 Å². The SMILES string of the molecule is Cc1nn(C)c2c1C(c1ccccc1N=[N+]=[N-])=NCC(=O)N2C. The average molecular weight is 309 g/mol. The maximum absolute atomic E-state index is 12.2. The van der Waals surface area contributed by atoms with E-state index in [1.807, 2.05) is 19.1 Å². The highest BCUT2D eigenvalue weighted by Gasteiger charge is 2.29. The summed E-state index contributed by atoms with van der Waals surface area (Å²) in [4.78, 5) is 21.1. The molecule has 0 saturated carbocycles. The molecule has 116 valence electrons. The highest BCUT2D eigenvalue weighted by Crippen LogP contribution is 2.31. The second kappa shape index (κ2) is 5.58.